The second-order valence-corrected chi connectivity index (χ2v) is 4.99. The highest BCUT2D eigenvalue weighted by molar-refractivity contribution is 7.92. The minimum absolute atomic E-state index is 0.161. The summed E-state index contributed by atoms with van der Waals surface area (Å²) in [5, 5.41) is 1.97. The molecule has 0 saturated carbocycles. The second-order valence-electron chi connectivity index (χ2n) is 3.24. The molecule has 1 aromatic rings. The topological polar surface area (TPSA) is 75.3 Å². The van der Waals surface area contributed by atoms with Crippen LogP contribution in [0.15, 0.2) is 24.3 Å². The molecule has 1 amide bonds. The maximum atomic E-state index is 11.9. The van der Waals surface area contributed by atoms with Gasteiger partial charge < -0.3 is 5.32 Å². The van der Waals surface area contributed by atoms with E-state index in [9.17, 15) is 22.0 Å². The fourth-order valence-electron chi connectivity index (χ4n) is 1.03. The molecule has 2 N–H and O–H groups in total. The Bertz CT molecular complexity index is 499. The lowest BCUT2D eigenvalue weighted by molar-refractivity contribution is -0.126. The van der Waals surface area contributed by atoms with Gasteiger partial charge in [-0.15, -0.1) is 0 Å². The summed E-state index contributed by atoms with van der Waals surface area (Å²) in [4.78, 5) is 10.7. The molecule has 17 heavy (non-hydrogen) atoms. The van der Waals surface area contributed by atoms with E-state index in [2.05, 4.69) is 4.72 Å². The highest BCUT2D eigenvalue weighted by Gasteiger charge is 2.14. The molecular weight excluding hydrogens is 254 g/mol. The number of hydrogen-bond acceptors (Lipinski definition) is 3. The van der Waals surface area contributed by atoms with E-state index in [1.54, 1.807) is 0 Å². The first kappa shape index (κ1) is 13.4. The Kier molecular flexibility index (Phi) is 4.00. The van der Waals surface area contributed by atoms with Crippen LogP contribution in [0, 0.1) is 0 Å². The van der Waals surface area contributed by atoms with Gasteiger partial charge in [-0.25, -0.2) is 8.42 Å². The molecule has 0 unspecified atom stereocenters. The maximum Gasteiger partial charge on any atom is 0.315 e. The van der Waals surface area contributed by atoms with Crippen LogP contribution in [0.3, 0.4) is 0 Å². The van der Waals surface area contributed by atoms with Gasteiger partial charge in [-0.2, -0.15) is 8.78 Å². The van der Waals surface area contributed by atoms with Crippen molar-refractivity contribution < 1.29 is 22.0 Å². The number of hydrogen-bond donors (Lipinski definition) is 2. The van der Waals surface area contributed by atoms with Gasteiger partial charge in [0.05, 0.1) is 6.26 Å². The highest BCUT2D eigenvalue weighted by atomic mass is 32.2. The van der Waals surface area contributed by atoms with Crippen molar-refractivity contribution in [2.75, 3.05) is 16.3 Å². The molecule has 0 aliphatic rings. The molecule has 0 atom stereocenters. The van der Waals surface area contributed by atoms with E-state index in [0.29, 0.717) is 0 Å². The first-order valence-corrected chi connectivity index (χ1v) is 6.34. The van der Waals surface area contributed by atoms with Crippen molar-refractivity contribution >= 4 is 27.3 Å². The van der Waals surface area contributed by atoms with Gasteiger partial charge in [0, 0.05) is 11.4 Å². The smallest absolute Gasteiger partial charge is 0.315 e. The molecule has 94 valence electrons. The van der Waals surface area contributed by atoms with E-state index in [0.717, 1.165) is 6.26 Å². The van der Waals surface area contributed by atoms with Crippen molar-refractivity contribution in [2.45, 2.75) is 6.43 Å². The van der Waals surface area contributed by atoms with Gasteiger partial charge in [0.2, 0.25) is 10.0 Å². The molecule has 8 heteroatoms. The fourth-order valence-corrected chi connectivity index (χ4v) is 1.60. The number of carbonyl (C=O) groups is 1. The van der Waals surface area contributed by atoms with Crippen molar-refractivity contribution in [1.29, 1.82) is 0 Å². The number of halogens is 2. The van der Waals surface area contributed by atoms with Crippen LogP contribution in [0.5, 0.6) is 0 Å². The van der Waals surface area contributed by atoms with Crippen molar-refractivity contribution in [3.8, 4) is 0 Å². The molecule has 0 bridgehead atoms. The van der Waals surface area contributed by atoms with Crippen LogP contribution in [-0.4, -0.2) is 27.0 Å². The minimum atomic E-state index is -3.38. The summed E-state index contributed by atoms with van der Waals surface area (Å²) in [5.74, 6) is -1.41. The normalized spacial score (nSPS) is 11.3. The first-order chi connectivity index (χ1) is 7.78. The number of anilines is 2. The quantitative estimate of drug-likeness (QED) is 0.859. The summed E-state index contributed by atoms with van der Waals surface area (Å²) < 4.78 is 47.8. The Morgan fingerprint density at radius 2 is 1.65 bits per heavy atom. The van der Waals surface area contributed by atoms with Crippen molar-refractivity contribution in [3.05, 3.63) is 24.3 Å². The van der Waals surface area contributed by atoms with Gasteiger partial charge in [-0.05, 0) is 24.3 Å². The highest BCUT2D eigenvalue weighted by Crippen LogP contribution is 2.15. The molecule has 0 aliphatic carbocycles. The molecule has 0 aliphatic heterocycles. The van der Waals surface area contributed by atoms with Gasteiger partial charge >= 0.3 is 6.43 Å². The van der Waals surface area contributed by atoms with Gasteiger partial charge in [0.1, 0.15) is 0 Å². The molecule has 1 rings (SSSR count). The van der Waals surface area contributed by atoms with Gasteiger partial charge in [-0.1, -0.05) is 0 Å². The van der Waals surface area contributed by atoms with E-state index in [4.69, 9.17) is 0 Å². The molecule has 0 spiro atoms. The van der Waals surface area contributed by atoms with E-state index in [1.165, 1.54) is 24.3 Å². The third kappa shape index (κ3) is 4.77. The second kappa shape index (κ2) is 5.09. The van der Waals surface area contributed by atoms with Crippen LogP contribution >= 0.6 is 0 Å². The average molecular weight is 264 g/mol. The van der Waals surface area contributed by atoms with Crippen molar-refractivity contribution in [2.24, 2.45) is 0 Å². The van der Waals surface area contributed by atoms with Gasteiger partial charge in [0.15, 0.2) is 0 Å². The predicted molar refractivity (Wildman–Crippen MR) is 59.5 cm³/mol. The Labute approximate surface area is 96.9 Å². The standard InChI is InChI=1S/C9H10F2N2O3S/c1-17(15,16)13-7-4-2-6(3-5-7)12-9(14)8(10)11/h2-5,8,13H,1H3,(H,12,14). The molecular formula is C9H10F2N2O3S. The zero-order valence-corrected chi connectivity index (χ0v) is 9.59. The number of rotatable bonds is 4. The van der Waals surface area contributed by atoms with Gasteiger partial charge in [0.25, 0.3) is 5.91 Å². The number of benzene rings is 1. The molecule has 0 saturated heterocycles. The summed E-state index contributed by atoms with van der Waals surface area (Å²) in [6.45, 7) is 0. The average Bonchev–Trinajstić information content (AvgIpc) is 2.18. The predicted octanol–water partition coefficient (Wildman–Crippen LogP) is 1.26. The zero-order chi connectivity index (χ0) is 13.1. The number of nitrogens with one attached hydrogen (secondary N) is 2. The summed E-state index contributed by atoms with van der Waals surface area (Å²) in [5.41, 5.74) is 0.442. The van der Waals surface area contributed by atoms with Crippen LogP contribution in [0.4, 0.5) is 20.2 Å². The SMILES string of the molecule is CS(=O)(=O)Nc1ccc(NC(=O)C(F)F)cc1. The van der Waals surface area contributed by atoms with E-state index in [-0.39, 0.29) is 11.4 Å². The zero-order valence-electron chi connectivity index (χ0n) is 8.78. The number of carbonyl (C=O) groups excluding carboxylic acids is 1. The van der Waals surface area contributed by atoms with E-state index >= 15 is 0 Å². The summed E-state index contributed by atoms with van der Waals surface area (Å²) in [7, 11) is -3.38. The lowest BCUT2D eigenvalue weighted by Gasteiger charge is -2.06. The van der Waals surface area contributed by atoms with Crippen LogP contribution in [0.25, 0.3) is 0 Å². The van der Waals surface area contributed by atoms with E-state index in [1.807, 2.05) is 5.32 Å². The summed E-state index contributed by atoms with van der Waals surface area (Å²) in [6.07, 6.45) is -2.11. The molecule has 0 fully saturated rings. The molecule has 0 radical (unpaired) electrons. The molecule has 5 nitrogen and oxygen atoms in total. The van der Waals surface area contributed by atoms with Gasteiger partial charge in [-0.3, -0.25) is 9.52 Å². The lowest BCUT2D eigenvalue weighted by Crippen LogP contribution is -2.20. The Balaban J connectivity index is 2.72. The largest absolute Gasteiger partial charge is 0.321 e. The first-order valence-electron chi connectivity index (χ1n) is 4.45. The Morgan fingerprint density at radius 1 is 1.18 bits per heavy atom. The summed E-state index contributed by atoms with van der Waals surface area (Å²) in [6, 6.07) is 5.33. The number of alkyl halides is 2. The molecule has 1 aromatic carbocycles. The molecule has 0 heterocycles. The fraction of sp³-hybridized carbons (Fsp3) is 0.222. The number of amides is 1. The lowest BCUT2D eigenvalue weighted by atomic mass is 10.3. The monoisotopic (exact) mass is 264 g/mol. The summed E-state index contributed by atoms with van der Waals surface area (Å²) >= 11 is 0. The molecule has 0 aromatic heterocycles. The van der Waals surface area contributed by atoms with E-state index < -0.39 is 22.4 Å². The minimum Gasteiger partial charge on any atom is -0.321 e. The Hall–Kier alpha value is -1.70. The third-order valence-electron chi connectivity index (χ3n) is 1.65. The van der Waals surface area contributed by atoms with Crippen molar-refractivity contribution in [3.63, 3.8) is 0 Å². The van der Waals surface area contributed by atoms with Crippen LogP contribution in [-0.2, 0) is 14.8 Å². The third-order valence-corrected chi connectivity index (χ3v) is 2.26. The van der Waals surface area contributed by atoms with Crippen molar-refractivity contribution in [1.82, 2.24) is 0 Å². The maximum absolute atomic E-state index is 11.9. The van der Waals surface area contributed by atoms with Crippen LogP contribution in [0.2, 0.25) is 0 Å². The number of sulfonamides is 1. The van der Waals surface area contributed by atoms with Crippen LogP contribution in [0.1, 0.15) is 0 Å². The van der Waals surface area contributed by atoms with Crippen LogP contribution < -0.4 is 10.0 Å². The Morgan fingerprint density at radius 3 is 2.06 bits per heavy atom.